The lowest BCUT2D eigenvalue weighted by Gasteiger charge is -2.05. The lowest BCUT2D eigenvalue weighted by molar-refractivity contribution is 0.754. The van der Waals surface area contributed by atoms with Crippen LogP contribution in [0.2, 0.25) is 0 Å². The highest BCUT2D eigenvalue weighted by atomic mass is 15.0. The molecule has 1 heterocycles. The Hall–Kier alpha value is -2.32. The van der Waals surface area contributed by atoms with E-state index >= 15 is 0 Å². The third kappa shape index (κ3) is 3.06. The van der Waals surface area contributed by atoms with Crippen molar-refractivity contribution in [2.24, 2.45) is 0 Å². The Bertz CT molecular complexity index is 726. The van der Waals surface area contributed by atoms with Crippen molar-refractivity contribution >= 4 is 10.9 Å². The third-order valence-electron chi connectivity index (χ3n) is 3.67. The van der Waals surface area contributed by atoms with E-state index in [0.717, 1.165) is 19.6 Å². The van der Waals surface area contributed by atoms with Crippen LogP contribution in [0.5, 0.6) is 0 Å². The van der Waals surface area contributed by atoms with Crippen LogP contribution < -0.4 is 5.32 Å². The van der Waals surface area contributed by atoms with E-state index in [1.54, 1.807) is 0 Å². The summed E-state index contributed by atoms with van der Waals surface area (Å²) < 4.78 is 2.33. The summed E-state index contributed by atoms with van der Waals surface area (Å²) in [5.74, 6) is 0. The number of hydrogen-bond acceptors (Lipinski definition) is 1. The van der Waals surface area contributed by atoms with Crippen LogP contribution in [0.15, 0.2) is 73.4 Å². The molecule has 3 aromatic rings. The molecule has 1 N–H and O–H groups in total. The summed E-state index contributed by atoms with van der Waals surface area (Å²) >= 11 is 0. The second-order valence-electron chi connectivity index (χ2n) is 5.20. The van der Waals surface area contributed by atoms with E-state index in [4.69, 9.17) is 0 Å². The van der Waals surface area contributed by atoms with Gasteiger partial charge < -0.3 is 9.88 Å². The quantitative estimate of drug-likeness (QED) is 0.532. The minimum absolute atomic E-state index is 0.832. The Labute approximate surface area is 125 Å². The van der Waals surface area contributed by atoms with Crippen molar-refractivity contribution in [1.82, 2.24) is 9.88 Å². The molecule has 0 saturated carbocycles. The molecule has 21 heavy (non-hydrogen) atoms. The fraction of sp³-hybridized carbons (Fsp3) is 0.158. The number of fused-ring (bicyclic) bond motifs is 1. The van der Waals surface area contributed by atoms with Crippen molar-refractivity contribution in [3.05, 3.63) is 84.6 Å². The number of hydrogen-bond donors (Lipinski definition) is 1. The minimum Gasteiger partial charge on any atom is -0.343 e. The summed E-state index contributed by atoms with van der Waals surface area (Å²) in [6.45, 7) is 6.35. The van der Waals surface area contributed by atoms with Crippen molar-refractivity contribution in [2.45, 2.75) is 13.1 Å². The van der Waals surface area contributed by atoms with E-state index in [1.165, 1.54) is 22.0 Å². The summed E-state index contributed by atoms with van der Waals surface area (Å²) in [5.41, 5.74) is 3.95. The molecule has 0 unspecified atom stereocenters. The number of rotatable bonds is 6. The normalized spacial score (nSPS) is 10.9. The molecule has 0 fully saturated rings. The van der Waals surface area contributed by atoms with Gasteiger partial charge in [0, 0.05) is 36.7 Å². The van der Waals surface area contributed by atoms with E-state index in [-0.39, 0.29) is 0 Å². The lowest BCUT2D eigenvalue weighted by atomic mass is 10.2. The second-order valence-corrected chi connectivity index (χ2v) is 5.20. The molecule has 2 aromatic carbocycles. The monoisotopic (exact) mass is 276 g/mol. The summed E-state index contributed by atoms with van der Waals surface area (Å²) in [4.78, 5) is 0. The Balaban J connectivity index is 1.93. The Morgan fingerprint density at radius 3 is 2.57 bits per heavy atom. The van der Waals surface area contributed by atoms with Gasteiger partial charge in [0.15, 0.2) is 0 Å². The van der Waals surface area contributed by atoms with E-state index in [2.05, 4.69) is 77.3 Å². The van der Waals surface area contributed by atoms with Gasteiger partial charge in [0.2, 0.25) is 0 Å². The molecule has 2 nitrogen and oxygen atoms in total. The fourth-order valence-corrected chi connectivity index (χ4v) is 2.68. The van der Waals surface area contributed by atoms with Crippen molar-refractivity contribution < 1.29 is 0 Å². The van der Waals surface area contributed by atoms with Gasteiger partial charge >= 0.3 is 0 Å². The first-order chi connectivity index (χ1) is 10.4. The smallest absolute Gasteiger partial charge is 0.0486 e. The molecular weight excluding hydrogens is 256 g/mol. The highest BCUT2D eigenvalue weighted by Crippen LogP contribution is 2.22. The van der Waals surface area contributed by atoms with Crippen LogP contribution in [0.4, 0.5) is 0 Å². The summed E-state index contributed by atoms with van der Waals surface area (Å²) in [6, 6.07) is 19.2. The topological polar surface area (TPSA) is 17.0 Å². The molecule has 0 radical (unpaired) electrons. The molecule has 0 aliphatic carbocycles. The zero-order chi connectivity index (χ0) is 14.5. The van der Waals surface area contributed by atoms with E-state index in [9.17, 15) is 0 Å². The average Bonchev–Trinajstić information content (AvgIpc) is 2.87. The molecule has 0 bridgehead atoms. The van der Waals surface area contributed by atoms with Gasteiger partial charge in [-0.1, -0.05) is 54.6 Å². The number of benzene rings is 2. The number of nitrogens with one attached hydrogen (secondary N) is 1. The molecule has 0 aliphatic rings. The Morgan fingerprint density at radius 2 is 1.76 bits per heavy atom. The van der Waals surface area contributed by atoms with Gasteiger partial charge in [-0.05, 0) is 17.2 Å². The van der Waals surface area contributed by atoms with Crippen molar-refractivity contribution in [1.29, 1.82) is 0 Å². The first kappa shape index (κ1) is 13.7. The van der Waals surface area contributed by atoms with Crippen LogP contribution in [-0.4, -0.2) is 11.1 Å². The summed E-state index contributed by atoms with van der Waals surface area (Å²) in [5, 5.41) is 4.71. The first-order valence-corrected chi connectivity index (χ1v) is 7.31. The van der Waals surface area contributed by atoms with Crippen LogP contribution in [0.3, 0.4) is 0 Å². The van der Waals surface area contributed by atoms with E-state index < -0.39 is 0 Å². The van der Waals surface area contributed by atoms with Crippen LogP contribution >= 0.6 is 0 Å². The largest absolute Gasteiger partial charge is 0.343 e. The molecule has 3 rings (SSSR count). The van der Waals surface area contributed by atoms with Gasteiger partial charge in [-0.15, -0.1) is 6.58 Å². The molecule has 1 aromatic heterocycles. The van der Waals surface area contributed by atoms with Crippen LogP contribution in [-0.2, 0) is 13.1 Å². The maximum absolute atomic E-state index is 3.75. The molecule has 0 saturated heterocycles. The molecule has 0 amide bonds. The molecular formula is C19H20N2. The molecule has 0 aliphatic heterocycles. The van der Waals surface area contributed by atoms with Gasteiger partial charge in [-0.2, -0.15) is 0 Å². The zero-order valence-electron chi connectivity index (χ0n) is 12.1. The zero-order valence-corrected chi connectivity index (χ0v) is 12.1. The van der Waals surface area contributed by atoms with Crippen LogP contribution in [0.1, 0.15) is 11.1 Å². The highest BCUT2D eigenvalue weighted by molar-refractivity contribution is 5.84. The van der Waals surface area contributed by atoms with Crippen molar-refractivity contribution in [3.8, 4) is 0 Å². The lowest BCUT2D eigenvalue weighted by Crippen LogP contribution is -2.12. The standard InChI is InChI=1S/C19H20N2/c1-2-12-20-13-17-15-21(14-16-8-4-3-5-9-16)19-11-7-6-10-18(17)19/h2-11,15,20H,1,12-14H2. The number of aromatic nitrogens is 1. The van der Waals surface area contributed by atoms with Gasteiger partial charge in [0.1, 0.15) is 0 Å². The average molecular weight is 276 g/mol. The van der Waals surface area contributed by atoms with Crippen LogP contribution in [0, 0.1) is 0 Å². The third-order valence-corrected chi connectivity index (χ3v) is 3.67. The van der Waals surface area contributed by atoms with Gasteiger partial charge in [0.05, 0.1) is 0 Å². The number of para-hydroxylation sites is 1. The minimum atomic E-state index is 0.832. The van der Waals surface area contributed by atoms with E-state index in [0.29, 0.717) is 0 Å². The Kier molecular flexibility index (Phi) is 4.17. The predicted molar refractivity (Wildman–Crippen MR) is 89.4 cm³/mol. The van der Waals surface area contributed by atoms with Gasteiger partial charge in [-0.25, -0.2) is 0 Å². The highest BCUT2D eigenvalue weighted by Gasteiger charge is 2.07. The van der Waals surface area contributed by atoms with E-state index in [1.807, 2.05) is 6.08 Å². The van der Waals surface area contributed by atoms with Crippen LogP contribution in [0.25, 0.3) is 10.9 Å². The molecule has 0 spiro atoms. The maximum atomic E-state index is 3.75. The molecule has 106 valence electrons. The second kappa shape index (κ2) is 6.42. The Morgan fingerprint density at radius 1 is 1.00 bits per heavy atom. The molecule has 2 heteroatoms. The molecule has 0 atom stereocenters. The predicted octanol–water partition coefficient (Wildman–Crippen LogP) is 3.97. The maximum Gasteiger partial charge on any atom is 0.0486 e. The summed E-state index contributed by atoms with van der Waals surface area (Å²) in [6.07, 6.45) is 4.15. The fourth-order valence-electron chi connectivity index (χ4n) is 2.68. The van der Waals surface area contributed by atoms with Crippen molar-refractivity contribution in [2.75, 3.05) is 6.54 Å². The first-order valence-electron chi connectivity index (χ1n) is 7.31. The van der Waals surface area contributed by atoms with Gasteiger partial charge in [0.25, 0.3) is 0 Å². The van der Waals surface area contributed by atoms with Gasteiger partial charge in [-0.3, -0.25) is 0 Å². The van der Waals surface area contributed by atoms with Crippen molar-refractivity contribution in [3.63, 3.8) is 0 Å². The SMILES string of the molecule is C=CCNCc1cn(Cc2ccccc2)c2ccccc12. The number of nitrogens with zero attached hydrogens (tertiary/aromatic N) is 1. The summed E-state index contributed by atoms with van der Waals surface area (Å²) in [7, 11) is 0.